The molecule has 4 aromatic rings. The number of fused-ring (bicyclic) bond motifs is 1. The van der Waals surface area contributed by atoms with Gasteiger partial charge in [0, 0.05) is 18.7 Å². The molecule has 0 aliphatic carbocycles. The molecule has 1 aliphatic heterocycles. The predicted octanol–water partition coefficient (Wildman–Crippen LogP) is 2.91. The van der Waals surface area contributed by atoms with Crippen LogP contribution >= 0.6 is 0 Å². The van der Waals surface area contributed by atoms with Crippen LogP contribution in [0.1, 0.15) is 0 Å². The molecule has 8 heteroatoms. The van der Waals surface area contributed by atoms with Crippen LogP contribution in [0.5, 0.6) is 5.75 Å². The number of nitrogen functional groups attached to an aromatic ring is 1. The van der Waals surface area contributed by atoms with Crippen molar-refractivity contribution in [2.75, 3.05) is 44.0 Å². The first-order chi connectivity index (χ1) is 14.7. The maximum Gasteiger partial charge on any atom is 0.228 e. The summed E-state index contributed by atoms with van der Waals surface area (Å²) in [5, 5.41) is 5.44. The monoisotopic (exact) mass is 402 g/mol. The molecule has 1 aliphatic rings. The summed E-state index contributed by atoms with van der Waals surface area (Å²) >= 11 is 0. The van der Waals surface area contributed by atoms with Crippen molar-refractivity contribution in [3.8, 4) is 22.7 Å². The quantitative estimate of drug-likeness (QED) is 0.561. The van der Waals surface area contributed by atoms with Gasteiger partial charge in [0.25, 0.3) is 0 Å². The fourth-order valence-corrected chi connectivity index (χ4v) is 3.65. The van der Waals surface area contributed by atoms with Crippen LogP contribution in [0.25, 0.3) is 28.0 Å². The lowest BCUT2D eigenvalue weighted by Gasteiger charge is -2.27. The normalized spacial score (nSPS) is 14.2. The van der Waals surface area contributed by atoms with Crippen LogP contribution in [0.15, 0.2) is 54.6 Å². The van der Waals surface area contributed by atoms with Gasteiger partial charge < -0.3 is 20.1 Å². The number of rotatable bonds is 4. The third kappa shape index (κ3) is 3.21. The van der Waals surface area contributed by atoms with Crippen molar-refractivity contribution < 1.29 is 9.47 Å². The van der Waals surface area contributed by atoms with Gasteiger partial charge in [0.1, 0.15) is 11.6 Å². The van der Waals surface area contributed by atoms with E-state index in [-0.39, 0.29) is 0 Å². The molecular weight excluding hydrogens is 380 g/mol. The van der Waals surface area contributed by atoms with E-state index >= 15 is 0 Å². The smallest absolute Gasteiger partial charge is 0.228 e. The second kappa shape index (κ2) is 7.64. The molecule has 0 amide bonds. The fraction of sp³-hybridized carbons (Fsp3) is 0.227. The number of morpholine rings is 1. The van der Waals surface area contributed by atoms with E-state index in [9.17, 15) is 0 Å². The molecular formula is C22H22N6O2. The zero-order valence-electron chi connectivity index (χ0n) is 16.7. The minimum absolute atomic E-state index is 0.502. The van der Waals surface area contributed by atoms with Gasteiger partial charge in [0.05, 0.1) is 37.1 Å². The van der Waals surface area contributed by atoms with Gasteiger partial charge in [-0.05, 0) is 24.3 Å². The van der Waals surface area contributed by atoms with Crippen molar-refractivity contribution in [3.05, 3.63) is 54.6 Å². The minimum Gasteiger partial charge on any atom is -0.497 e. The zero-order chi connectivity index (χ0) is 20.5. The Morgan fingerprint density at radius 2 is 1.80 bits per heavy atom. The number of nitrogens with two attached hydrogens (primary N) is 1. The highest BCUT2D eigenvalue weighted by atomic mass is 16.5. The van der Waals surface area contributed by atoms with Gasteiger partial charge in [-0.3, -0.25) is 0 Å². The zero-order valence-corrected chi connectivity index (χ0v) is 16.7. The second-order valence-corrected chi connectivity index (χ2v) is 7.03. The molecule has 0 bridgehead atoms. The van der Waals surface area contributed by atoms with Crippen LogP contribution in [0, 0.1) is 0 Å². The van der Waals surface area contributed by atoms with Crippen molar-refractivity contribution in [2.45, 2.75) is 0 Å². The molecule has 5 rings (SSSR count). The van der Waals surface area contributed by atoms with Crippen LogP contribution in [-0.2, 0) is 4.74 Å². The van der Waals surface area contributed by atoms with Gasteiger partial charge in [-0.2, -0.15) is 4.98 Å². The molecule has 1 saturated heterocycles. The third-order valence-corrected chi connectivity index (χ3v) is 5.20. The Labute approximate surface area is 173 Å². The third-order valence-electron chi connectivity index (χ3n) is 5.20. The lowest BCUT2D eigenvalue weighted by molar-refractivity contribution is 0.122. The number of hydrogen-bond donors (Lipinski definition) is 1. The standard InChI is InChI=1S/C22H22N6O2/c1-29-17-9-5-6-15(14-17)19-18-20(23)28(16-7-3-2-4-8-16)26-21(18)25-22(24-19)27-10-12-30-13-11-27/h2-9,14H,10-13,23H2,1H3. The van der Waals surface area contributed by atoms with Crippen molar-refractivity contribution >= 4 is 22.8 Å². The number of anilines is 2. The summed E-state index contributed by atoms with van der Waals surface area (Å²) in [5.41, 5.74) is 9.63. The highest BCUT2D eigenvalue weighted by Gasteiger charge is 2.22. The minimum atomic E-state index is 0.502. The maximum atomic E-state index is 6.56. The lowest BCUT2D eigenvalue weighted by Crippen LogP contribution is -2.37. The summed E-state index contributed by atoms with van der Waals surface area (Å²) in [6, 6.07) is 17.6. The number of benzene rings is 2. The van der Waals surface area contributed by atoms with Crippen LogP contribution in [-0.4, -0.2) is 53.2 Å². The van der Waals surface area contributed by atoms with Gasteiger partial charge in [-0.25, -0.2) is 9.67 Å². The first-order valence-corrected chi connectivity index (χ1v) is 9.83. The molecule has 0 atom stereocenters. The Morgan fingerprint density at radius 3 is 2.57 bits per heavy atom. The molecule has 152 valence electrons. The van der Waals surface area contributed by atoms with Crippen molar-refractivity contribution in [2.24, 2.45) is 0 Å². The number of methoxy groups -OCH3 is 1. The topological polar surface area (TPSA) is 91.3 Å². The molecule has 1 fully saturated rings. The molecule has 0 unspecified atom stereocenters. The first-order valence-electron chi connectivity index (χ1n) is 9.83. The van der Waals surface area contributed by atoms with E-state index in [0.29, 0.717) is 30.6 Å². The van der Waals surface area contributed by atoms with Crippen LogP contribution in [0.2, 0.25) is 0 Å². The first kappa shape index (κ1) is 18.4. The Balaban J connectivity index is 1.75. The van der Waals surface area contributed by atoms with E-state index in [1.807, 2.05) is 54.6 Å². The number of hydrogen-bond acceptors (Lipinski definition) is 7. The van der Waals surface area contributed by atoms with Gasteiger partial charge in [-0.15, -0.1) is 5.10 Å². The van der Waals surface area contributed by atoms with Gasteiger partial charge in [0.15, 0.2) is 5.65 Å². The number of ether oxygens (including phenoxy) is 2. The SMILES string of the molecule is COc1cccc(-c2nc(N3CCOCC3)nc3nn(-c4ccccc4)c(N)c23)c1. The van der Waals surface area contributed by atoms with Crippen molar-refractivity contribution in [1.82, 2.24) is 19.7 Å². The van der Waals surface area contributed by atoms with E-state index in [1.165, 1.54) is 0 Å². The van der Waals surface area contributed by atoms with Crippen molar-refractivity contribution in [3.63, 3.8) is 0 Å². The van der Waals surface area contributed by atoms with Crippen LogP contribution in [0.4, 0.5) is 11.8 Å². The van der Waals surface area contributed by atoms with Gasteiger partial charge in [-0.1, -0.05) is 30.3 Å². The molecule has 0 spiro atoms. The molecule has 3 heterocycles. The molecule has 2 N–H and O–H groups in total. The fourth-order valence-electron chi connectivity index (χ4n) is 3.65. The Kier molecular flexibility index (Phi) is 4.68. The van der Waals surface area contributed by atoms with E-state index < -0.39 is 0 Å². The molecule has 8 nitrogen and oxygen atoms in total. The average Bonchev–Trinajstić information content (AvgIpc) is 3.16. The highest BCUT2D eigenvalue weighted by molar-refractivity contribution is 5.99. The number of aromatic nitrogens is 4. The summed E-state index contributed by atoms with van der Waals surface area (Å²) in [6.45, 7) is 2.77. The molecule has 2 aromatic heterocycles. The predicted molar refractivity (Wildman–Crippen MR) is 116 cm³/mol. The lowest BCUT2D eigenvalue weighted by atomic mass is 10.1. The summed E-state index contributed by atoms with van der Waals surface area (Å²) < 4.78 is 12.6. The number of nitrogens with zero attached hydrogens (tertiary/aromatic N) is 5. The average molecular weight is 402 g/mol. The van der Waals surface area contributed by atoms with Crippen LogP contribution < -0.4 is 15.4 Å². The van der Waals surface area contributed by atoms with Crippen LogP contribution in [0.3, 0.4) is 0 Å². The highest BCUT2D eigenvalue weighted by Crippen LogP contribution is 2.34. The summed E-state index contributed by atoms with van der Waals surface area (Å²) in [4.78, 5) is 11.8. The largest absolute Gasteiger partial charge is 0.497 e. The molecule has 30 heavy (non-hydrogen) atoms. The van der Waals surface area contributed by atoms with Crippen molar-refractivity contribution in [1.29, 1.82) is 0 Å². The Hall–Kier alpha value is -3.65. The number of para-hydroxylation sites is 1. The summed E-state index contributed by atoms with van der Waals surface area (Å²) in [5.74, 6) is 1.88. The summed E-state index contributed by atoms with van der Waals surface area (Å²) in [7, 11) is 1.65. The second-order valence-electron chi connectivity index (χ2n) is 7.03. The van der Waals surface area contributed by atoms with E-state index in [2.05, 4.69) is 4.90 Å². The maximum absolute atomic E-state index is 6.56. The van der Waals surface area contributed by atoms with E-state index in [1.54, 1.807) is 11.8 Å². The Morgan fingerprint density at radius 1 is 1.00 bits per heavy atom. The van der Waals surface area contributed by atoms with Gasteiger partial charge in [0.2, 0.25) is 5.95 Å². The summed E-state index contributed by atoms with van der Waals surface area (Å²) in [6.07, 6.45) is 0. The molecule has 2 aromatic carbocycles. The van der Waals surface area contributed by atoms with E-state index in [0.717, 1.165) is 41.2 Å². The van der Waals surface area contributed by atoms with E-state index in [4.69, 9.17) is 30.3 Å². The molecule has 0 radical (unpaired) electrons. The molecule has 0 saturated carbocycles. The Bertz CT molecular complexity index is 1190. The van der Waals surface area contributed by atoms with Gasteiger partial charge >= 0.3 is 0 Å².